The van der Waals surface area contributed by atoms with E-state index in [-0.39, 0.29) is 6.54 Å². The third kappa shape index (κ3) is 6.95. The van der Waals surface area contributed by atoms with Gasteiger partial charge in [0.1, 0.15) is 22.6 Å². The number of H-pyrrole nitrogens is 1. The lowest BCUT2D eigenvalue weighted by molar-refractivity contribution is -0.0836. The molecule has 0 spiro atoms. The molecule has 1 fully saturated rings. The summed E-state index contributed by atoms with van der Waals surface area (Å²) in [6, 6.07) is 15.9. The lowest BCUT2D eigenvalue weighted by Gasteiger charge is -2.38. The summed E-state index contributed by atoms with van der Waals surface area (Å²) in [7, 11) is 3.21. The van der Waals surface area contributed by atoms with Gasteiger partial charge in [-0.25, -0.2) is 23.4 Å². The van der Waals surface area contributed by atoms with Crippen molar-refractivity contribution >= 4 is 22.9 Å². The number of fused-ring (bicyclic) bond motifs is 1. The van der Waals surface area contributed by atoms with Crippen LogP contribution < -0.4 is 20.1 Å². The second kappa shape index (κ2) is 12.2. The molecule has 2 aromatic heterocycles. The Kier molecular flexibility index (Phi) is 8.53. The number of halogens is 2. The summed E-state index contributed by atoms with van der Waals surface area (Å²) in [6.07, 6.45) is 0.115. The Hall–Kier alpha value is -4.61. The van der Waals surface area contributed by atoms with Crippen molar-refractivity contribution in [3.8, 4) is 11.5 Å². The van der Waals surface area contributed by atoms with E-state index in [1.165, 1.54) is 4.57 Å². The van der Waals surface area contributed by atoms with Gasteiger partial charge in [-0.1, -0.05) is 24.3 Å². The Morgan fingerprint density at radius 1 is 1.00 bits per heavy atom. The number of carbonyl (C=O) groups excluding carboxylic acids is 1. The van der Waals surface area contributed by atoms with Gasteiger partial charge in [0, 0.05) is 32.3 Å². The number of hydrogen-bond donors (Lipinski definition) is 1. The number of likely N-dealkylation sites (tertiary alicyclic amines) is 1. The summed E-state index contributed by atoms with van der Waals surface area (Å²) in [5.74, 6) is -1.28. The van der Waals surface area contributed by atoms with E-state index in [0.29, 0.717) is 29.9 Å². The fourth-order valence-electron chi connectivity index (χ4n) is 5.46. The Labute approximate surface area is 254 Å². The number of imidazole rings is 1. The van der Waals surface area contributed by atoms with E-state index in [2.05, 4.69) is 9.97 Å². The molecule has 1 aliphatic heterocycles. The van der Waals surface area contributed by atoms with Crippen molar-refractivity contribution in [2.75, 3.05) is 32.2 Å². The van der Waals surface area contributed by atoms with Crippen LogP contribution in [0.1, 0.15) is 44.4 Å². The number of hydrogen-bond acceptors (Lipinski definition) is 7. The van der Waals surface area contributed by atoms with Gasteiger partial charge in [0.15, 0.2) is 5.82 Å². The molecule has 0 bridgehead atoms. The average Bonchev–Trinajstić information content (AvgIpc) is 3.31. The topological polar surface area (TPSA) is 102 Å². The number of nitrogens with zero attached hydrogens (tertiary/aromatic N) is 4. The summed E-state index contributed by atoms with van der Waals surface area (Å²) in [5, 5.41) is 0. The Bertz CT molecular complexity index is 1610. The summed E-state index contributed by atoms with van der Waals surface area (Å²) >= 11 is 0. The second-order valence-corrected chi connectivity index (χ2v) is 12.0. The van der Waals surface area contributed by atoms with Crippen LogP contribution in [0.5, 0.6) is 11.5 Å². The van der Waals surface area contributed by atoms with E-state index in [4.69, 9.17) is 14.2 Å². The van der Waals surface area contributed by atoms with Gasteiger partial charge in [-0.3, -0.25) is 4.57 Å². The lowest BCUT2D eigenvalue weighted by Crippen LogP contribution is -2.52. The number of amides is 1. The van der Waals surface area contributed by atoms with Gasteiger partial charge in [-0.15, -0.1) is 0 Å². The minimum atomic E-state index is -3.21. The maximum absolute atomic E-state index is 15.0. The first-order chi connectivity index (χ1) is 20.9. The maximum Gasteiger partial charge on any atom is 0.410 e. The molecule has 5 rings (SSSR count). The number of pyridine rings is 1. The highest BCUT2D eigenvalue weighted by Crippen LogP contribution is 2.36. The number of benzene rings is 2. The van der Waals surface area contributed by atoms with Crippen molar-refractivity contribution in [3.05, 3.63) is 82.4 Å². The fraction of sp³-hybridized carbons (Fsp3) is 0.406. The third-order valence-corrected chi connectivity index (χ3v) is 7.39. The zero-order valence-corrected chi connectivity index (χ0v) is 25.5. The second-order valence-electron chi connectivity index (χ2n) is 12.0. The molecule has 44 heavy (non-hydrogen) atoms. The lowest BCUT2D eigenvalue weighted by atomic mass is 10.0. The monoisotopic (exact) mass is 609 g/mol. The zero-order chi connectivity index (χ0) is 31.6. The predicted molar refractivity (Wildman–Crippen MR) is 163 cm³/mol. The first kappa shape index (κ1) is 30.8. The quantitative estimate of drug-likeness (QED) is 0.271. The van der Waals surface area contributed by atoms with Crippen LogP contribution in [0.2, 0.25) is 0 Å². The van der Waals surface area contributed by atoms with E-state index in [9.17, 15) is 9.59 Å². The van der Waals surface area contributed by atoms with Crippen LogP contribution in [0.3, 0.4) is 0 Å². The Balaban J connectivity index is 1.53. The number of piperidine rings is 1. The molecule has 1 atom stereocenters. The molecule has 1 amide bonds. The minimum Gasteiger partial charge on any atom is -0.497 e. The molecule has 0 radical (unpaired) electrons. The van der Waals surface area contributed by atoms with Crippen LogP contribution >= 0.6 is 0 Å². The van der Waals surface area contributed by atoms with Gasteiger partial charge in [-0.05, 0) is 62.2 Å². The number of nitrogens with one attached hydrogen (secondary N) is 1. The molecule has 1 aliphatic rings. The molecule has 1 N–H and O–H groups in total. The highest BCUT2D eigenvalue weighted by molar-refractivity contribution is 5.86. The number of methoxy groups -OCH3 is 2. The largest absolute Gasteiger partial charge is 0.497 e. The molecule has 2 aromatic carbocycles. The Morgan fingerprint density at radius 2 is 1.57 bits per heavy atom. The molecule has 1 saturated heterocycles. The van der Waals surface area contributed by atoms with Gasteiger partial charge in [0.25, 0.3) is 5.92 Å². The minimum absolute atomic E-state index is 0.101. The van der Waals surface area contributed by atoms with Crippen LogP contribution in [-0.4, -0.2) is 64.4 Å². The molecule has 3 heterocycles. The van der Waals surface area contributed by atoms with Crippen molar-refractivity contribution in [3.63, 3.8) is 0 Å². The summed E-state index contributed by atoms with van der Waals surface area (Å²) in [6.45, 7) is 5.01. The smallest absolute Gasteiger partial charge is 0.410 e. The molecule has 4 aromatic rings. The fourth-order valence-corrected chi connectivity index (χ4v) is 5.46. The Morgan fingerprint density at radius 3 is 2.09 bits per heavy atom. The van der Waals surface area contributed by atoms with Gasteiger partial charge >= 0.3 is 11.8 Å². The molecular formula is C32H37F2N5O5. The highest BCUT2D eigenvalue weighted by atomic mass is 19.3. The normalized spacial score (nSPS) is 16.5. The number of aromatic nitrogens is 3. The molecule has 1 unspecified atom stereocenters. The number of ether oxygens (including phenoxy) is 3. The van der Waals surface area contributed by atoms with Crippen LogP contribution in [0, 0.1) is 0 Å². The number of aromatic amines is 1. The van der Waals surface area contributed by atoms with Gasteiger partial charge in [0.2, 0.25) is 0 Å². The maximum atomic E-state index is 15.0. The molecule has 0 aliphatic carbocycles. The molecule has 234 valence electrons. The molecule has 12 heteroatoms. The van der Waals surface area contributed by atoms with Gasteiger partial charge in [-0.2, -0.15) is 0 Å². The summed E-state index contributed by atoms with van der Waals surface area (Å²) in [5.41, 5.74) is 1.36. The van der Waals surface area contributed by atoms with E-state index >= 15 is 8.78 Å². The number of anilines is 1. The number of alkyl halides is 2. The van der Waals surface area contributed by atoms with E-state index < -0.39 is 42.3 Å². The highest BCUT2D eigenvalue weighted by Gasteiger charge is 2.44. The van der Waals surface area contributed by atoms with Crippen LogP contribution in [-0.2, 0) is 17.8 Å². The first-order valence-corrected chi connectivity index (χ1v) is 14.3. The van der Waals surface area contributed by atoms with E-state index in [1.807, 2.05) is 53.4 Å². The van der Waals surface area contributed by atoms with Gasteiger partial charge in [0.05, 0.1) is 32.3 Å². The van der Waals surface area contributed by atoms with Crippen molar-refractivity contribution in [1.29, 1.82) is 0 Å². The van der Waals surface area contributed by atoms with Crippen molar-refractivity contribution in [1.82, 2.24) is 19.4 Å². The van der Waals surface area contributed by atoms with Crippen molar-refractivity contribution < 1.29 is 27.8 Å². The van der Waals surface area contributed by atoms with Crippen molar-refractivity contribution in [2.24, 2.45) is 0 Å². The first-order valence-electron chi connectivity index (χ1n) is 14.3. The van der Waals surface area contributed by atoms with Crippen molar-refractivity contribution in [2.45, 2.75) is 57.8 Å². The van der Waals surface area contributed by atoms with Crippen LogP contribution in [0.4, 0.5) is 19.4 Å². The summed E-state index contributed by atoms with van der Waals surface area (Å²) in [4.78, 5) is 36.7. The van der Waals surface area contributed by atoms with Crippen LogP contribution in [0.25, 0.3) is 11.0 Å². The molecule has 10 nitrogen and oxygen atoms in total. The number of carbonyl (C=O) groups is 1. The molecule has 0 saturated carbocycles. The summed E-state index contributed by atoms with van der Waals surface area (Å²) < 4.78 is 47.3. The average molecular weight is 610 g/mol. The third-order valence-electron chi connectivity index (χ3n) is 7.39. The van der Waals surface area contributed by atoms with E-state index in [0.717, 1.165) is 27.5 Å². The number of rotatable bonds is 8. The van der Waals surface area contributed by atoms with E-state index in [1.54, 1.807) is 47.3 Å². The standard InChI is InChI=1S/C32H37F2N5O5/c1-31(2,3)44-30(41)38-19-23(16-32(33,34)20-38)39-26-14-15-35-28(27(26)36-29(39)40)37(17-21-6-10-24(42-4)11-7-21)18-22-8-12-25(43-5)13-9-22/h6-15,23H,16-20H2,1-5H3,(H,36,40). The SMILES string of the molecule is COc1ccc(CN(Cc2ccc(OC)cc2)c2nccc3c2[nH]c(=O)n3C2CN(C(=O)OC(C)(C)C)CC(F)(F)C2)cc1. The predicted octanol–water partition coefficient (Wildman–Crippen LogP) is 5.77. The zero-order valence-electron chi connectivity index (χ0n) is 25.5. The van der Waals surface area contributed by atoms with Gasteiger partial charge < -0.3 is 29.0 Å². The van der Waals surface area contributed by atoms with Crippen LogP contribution in [0.15, 0.2) is 65.6 Å². The molecular weight excluding hydrogens is 572 g/mol.